The van der Waals surface area contributed by atoms with Gasteiger partial charge in [0.1, 0.15) is 11.3 Å². The van der Waals surface area contributed by atoms with Crippen molar-refractivity contribution in [3.8, 4) is 5.75 Å². The van der Waals surface area contributed by atoms with Crippen molar-refractivity contribution < 1.29 is 19.1 Å². The molecule has 146 valence electrons. The predicted octanol–water partition coefficient (Wildman–Crippen LogP) is 2.85. The van der Waals surface area contributed by atoms with Crippen LogP contribution in [0.2, 0.25) is 0 Å². The van der Waals surface area contributed by atoms with Gasteiger partial charge in [-0.05, 0) is 29.8 Å². The minimum absolute atomic E-state index is 0.0504. The van der Waals surface area contributed by atoms with E-state index < -0.39 is 17.8 Å². The van der Waals surface area contributed by atoms with Crippen LogP contribution in [0.25, 0.3) is 17.0 Å². The van der Waals surface area contributed by atoms with E-state index in [2.05, 4.69) is 5.32 Å². The smallest absolute Gasteiger partial charge is 0.331 e. The van der Waals surface area contributed by atoms with Crippen molar-refractivity contribution >= 4 is 34.8 Å². The van der Waals surface area contributed by atoms with Crippen LogP contribution in [-0.2, 0) is 23.2 Å². The maximum atomic E-state index is 13.0. The summed E-state index contributed by atoms with van der Waals surface area (Å²) in [5.74, 6) is -0.642. The van der Waals surface area contributed by atoms with Crippen LogP contribution in [0, 0.1) is 0 Å². The zero-order chi connectivity index (χ0) is 20.5. The Balaban J connectivity index is 1.68. The van der Waals surface area contributed by atoms with Crippen molar-refractivity contribution in [3.05, 3.63) is 71.4 Å². The van der Waals surface area contributed by atoms with Crippen LogP contribution in [0.4, 0.5) is 4.79 Å². The number of nitrogens with one attached hydrogen (secondary N) is 1. The highest BCUT2D eigenvalue weighted by atomic mass is 16.5. The Morgan fingerprint density at radius 2 is 1.76 bits per heavy atom. The predicted molar refractivity (Wildman–Crippen MR) is 108 cm³/mol. The molecule has 0 spiro atoms. The number of carbonyl (C=O) groups is 3. The summed E-state index contributed by atoms with van der Waals surface area (Å²) in [4.78, 5) is 38.6. The molecular weight excluding hydrogens is 370 g/mol. The highest BCUT2D eigenvalue weighted by Gasteiger charge is 2.35. The molecule has 4 rings (SSSR count). The lowest BCUT2D eigenvalue weighted by Gasteiger charge is -2.26. The number of nitrogens with zero attached hydrogens (tertiary/aromatic N) is 2. The number of barbiturate groups is 1. The number of ether oxygens (including phenoxy) is 1. The number of aryl methyl sites for hydroxylation is 1. The standard InChI is InChI=1S/C22H19N3O4/c1-24-13-15(17-5-3-4-6-19(17)24)11-18-20(26)23-22(28)25(21(18)27)12-14-7-9-16(29-2)10-8-14/h3-11,13H,12H2,1-2H3,(H,23,26,28)/b18-11-. The number of benzene rings is 2. The number of para-hydroxylation sites is 1. The van der Waals surface area contributed by atoms with E-state index in [0.717, 1.165) is 26.9 Å². The summed E-state index contributed by atoms with van der Waals surface area (Å²) in [6.45, 7) is 0.0504. The molecule has 7 heteroatoms. The Bertz CT molecular complexity index is 1160. The lowest BCUT2D eigenvalue weighted by atomic mass is 10.1. The molecule has 0 unspecified atom stereocenters. The number of fused-ring (bicyclic) bond motifs is 1. The van der Waals surface area contributed by atoms with E-state index in [4.69, 9.17) is 4.74 Å². The average Bonchev–Trinajstić information content (AvgIpc) is 3.04. The van der Waals surface area contributed by atoms with Gasteiger partial charge < -0.3 is 9.30 Å². The molecule has 0 bridgehead atoms. The van der Waals surface area contributed by atoms with Crippen LogP contribution in [0.5, 0.6) is 5.75 Å². The molecule has 1 aliphatic heterocycles. The molecule has 2 heterocycles. The molecule has 1 fully saturated rings. The number of methoxy groups -OCH3 is 1. The number of hydrogen-bond donors (Lipinski definition) is 1. The van der Waals surface area contributed by atoms with E-state index in [1.54, 1.807) is 31.4 Å². The van der Waals surface area contributed by atoms with Crippen molar-refractivity contribution in [1.82, 2.24) is 14.8 Å². The van der Waals surface area contributed by atoms with Crippen LogP contribution in [0.3, 0.4) is 0 Å². The molecule has 0 atom stereocenters. The summed E-state index contributed by atoms with van der Waals surface area (Å²) in [6.07, 6.45) is 3.38. The first kappa shape index (κ1) is 18.5. The molecule has 3 aromatic rings. The Labute approximate surface area is 167 Å². The second-order valence-electron chi connectivity index (χ2n) is 6.77. The highest BCUT2D eigenvalue weighted by molar-refractivity contribution is 6.31. The number of hydrogen-bond acceptors (Lipinski definition) is 4. The van der Waals surface area contributed by atoms with Gasteiger partial charge in [0, 0.05) is 29.7 Å². The Morgan fingerprint density at radius 3 is 2.48 bits per heavy atom. The minimum atomic E-state index is -0.731. The minimum Gasteiger partial charge on any atom is -0.497 e. The number of aromatic nitrogens is 1. The SMILES string of the molecule is COc1ccc(CN2C(=O)NC(=O)/C(=C/c3cn(C)c4ccccc34)C2=O)cc1. The van der Waals surface area contributed by atoms with Crippen LogP contribution in [-0.4, -0.2) is 34.4 Å². The lowest BCUT2D eigenvalue weighted by molar-refractivity contribution is -0.130. The summed E-state index contributed by atoms with van der Waals surface area (Å²) in [5.41, 5.74) is 2.39. The van der Waals surface area contributed by atoms with Gasteiger partial charge in [-0.3, -0.25) is 19.8 Å². The highest BCUT2D eigenvalue weighted by Crippen LogP contribution is 2.24. The normalized spacial score (nSPS) is 15.9. The van der Waals surface area contributed by atoms with Gasteiger partial charge in [0.25, 0.3) is 11.8 Å². The molecule has 0 saturated carbocycles. The molecule has 2 aromatic carbocycles. The number of carbonyl (C=O) groups excluding carboxylic acids is 3. The Morgan fingerprint density at radius 1 is 1.03 bits per heavy atom. The molecule has 1 aliphatic rings. The fourth-order valence-electron chi connectivity index (χ4n) is 3.39. The van der Waals surface area contributed by atoms with Crippen molar-refractivity contribution in [2.45, 2.75) is 6.54 Å². The van der Waals surface area contributed by atoms with E-state index in [1.165, 1.54) is 6.08 Å². The van der Waals surface area contributed by atoms with Crippen molar-refractivity contribution in [1.29, 1.82) is 0 Å². The van der Waals surface area contributed by atoms with Gasteiger partial charge in [-0.2, -0.15) is 0 Å². The zero-order valence-electron chi connectivity index (χ0n) is 16.0. The molecule has 0 aliphatic carbocycles. The van der Waals surface area contributed by atoms with E-state index >= 15 is 0 Å². The van der Waals surface area contributed by atoms with Gasteiger partial charge in [0.05, 0.1) is 13.7 Å². The first-order chi connectivity index (χ1) is 14.0. The summed E-state index contributed by atoms with van der Waals surface area (Å²) >= 11 is 0. The van der Waals surface area contributed by atoms with E-state index in [-0.39, 0.29) is 12.1 Å². The third-order valence-electron chi connectivity index (χ3n) is 4.91. The second kappa shape index (κ2) is 7.27. The Kier molecular flexibility index (Phi) is 4.64. The second-order valence-corrected chi connectivity index (χ2v) is 6.77. The largest absolute Gasteiger partial charge is 0.497 e. The number of imide groups is 2. The van der Waals surface area contributed by atoms with E-state index in [0.29, 0.717) is 5.75 Å². The van der Waals surface area contributed by atoms with Crippen LogP contribution < -0.4 is 10.1 Å². The first-order valence-corrected chi connectivity index (χ1v) is 9.04. The number of urea groups is 1. The van der Waals surface area contributed by atoms with Gasteiger partial charge in [-0.15, -0.1) is 0 Å². The lowest BCUT2D eigenvalue weighted by Crippen LogP contribution is -2.53. The van der Waals surface area contributed by atoms with Crippen molar-refractivity contribution in [2.75, 3.05) is 7.11 Å². The quantitative estimate of drug-likeness (QED) is 0.550. The van der Waals surface area contributed by atoms with Gasteiger partial charge in [-0.25, -0.2) is 4.79 Å². The number of amides is 4. The first-order valence-electron chi connectivity index (χ1n) is 9.04. The summed E-state index contributed by atoms with van der Waals surface area (Å²) < 4.78 is 7.04. The third-order valence-corrected chi connectivity index (χ3v) is 4.91. The van der Waals surface area contributed by atoms with E-state index in [9.17, 15) is 14.4 Å². The molecular formula is C22H19N3O4. The molecule has 0 radical (unpaired) electrons. The fourth-order valence-corrected chi connectivity index (χ4v) is 3.39. The molecule has 7 nitrogen and oxygen atoms in total. The third kappa shape index (κ3) is 3.38. The van der Waals surface area contributed by atoms with Crippen molar-refractivity contribution in [2.24, 2.45) is 7.05 Å². The molecule has 1 saturated heterocycles. The zero-order valence-corrected chi connectivity index (χ0v) is 16.0. The van der Waals surface area contributed by atoms with Crippen LogP contribution >= 0.6 is 0 Å². The topological polar surface area (TPSA) is 80.6 Å². The summed E-state index contributed by atoms with van der Waals surface area (Å²) in [6, 6.07) is 14.0. The van der Waals surface area contributed by atoms with Crippen LogP contribution in [0.15, 0.2) is 60.3 Å². The molecule has 29 heavy (non-hydrogen) atoms. The summed E-state index contributed by atoms with van der Waals surface area (Å²) in [7, 11) is 3.46. The average molecular weight is 389 g/mol. The monoisotopic (exact) mass is 389 g/mol. The molecule has 1 aromatic heterocycles. The summed E-state index contributed by atoms with van der Waals surface area (Å²) in [5, 5.41) is 3.17. The molecule has 1 N–H and O–H groups in total. The van der Waals surface area contributed by atoms with E-state index in [1.807, 2.05) is 42.1 Å². The van der Waals surface area contributed by atoms with Crippen LogP contribution in [0.1, 0.15) is 11.1 Å². The maximum Gasteiger partial charge on any atom is 0.331 e. The number of rotatable bonds is 4. The Hall–Kier alpha value is -3.87. The molecule has 4 amide bonds. The van der Waals surface area contributed by atoms with Gasteiger partial charge in [-0.1, -0.05) is 30.3 Å². The fraction of sp³-hybridized carbons (Fsp3) is 0.136. The van der Waals surface area contributed by atoms with Gasteiger partial charge >= 0.3 is 6.03 Å². The van der Waals surface area contributed by atoms with Gasteiger partial charge in [0.15, 0.2) is 0 Å². The van der Waals surface area contributed by atoms with Crippen molar-refractivity contribution in [3.63, 3.8) is 0 Å². The van der Waals surface area contributed by atoms with Gasteiger partial charge in [0.2, 0.25) is 0 Å². The maximum absolute atomic E-state index is 13.0.